The van der Waals surface area contributed by atoms with Gasteiger partial charge in [-0.15, -0.1) is 0 Å². The van der Waals surface area contributed by atoms with E-state index < -0.39 is 0 Å². The predicted octanol–water partition coefficient (Wildman–Crippen LogP) is 2.54. The van der Waals surface area contributed by atoms with Gasteiger partial charge in [0.25, 0.3) is 0 Å². The van der Waals surface area contributed by atoms with E-state index in [1.807, 2.05) is 42.5 Å². The molecule has 0 atom stereocenters. The molecule has 0 aromatic heterocycles. The average Bonchev–Trinajstić information content (AvgIpc) is 2.66. The Kier molecular flexibility index (Phi) is 7.79. The molecular formula is C20H26N2O3. The molecule has 0 unspecified atom stereocenters. The van der Waals surface area contributed by atoms with Crippen molar-refractivity contribution in [1.82, 2.24) is 10.6 Å². The number of benzene rings is 2. The molecule has 2 aromatic carbocycles. The van der Waals surface area contributed by atoms with Crippen LogP contribution in [0.1, 0.15) is 17.5 Å². The predicted molar refractivity (Wildman–Crippen MR) is 99.0 cm³/mol. The molecular weight excluding hydrogens is 316 g/mol. The molecule has 134 valence electrons. The van der Waals surface area contributed by atoms with Crippen LogP contribution in [0.5, 0.6) is 11.5 Å². The van der Waals surface area contributed by atoms with E-state index in [0.717, 1.165) is 35.6 Å². The summed E-state index contributed by atoms with van der Waals surface area (Å²) < 4.78 is 10.6. The van der Waals surface area contributed by atoms with E-state index in [2.05, 4.69) is 16.7 Å². The summed E-state index contributed by atoms with van der Waals surface area (Å²) in [5, 5.41) is 6.22. The first-order valence-corrected chi connectivity index (χ1v) is 8.45. The molecule has 25 heavy (non-hydrogen) atoms. The lowest BCUT2D eigenvalue weighted by atomic mass is 10.1. The van der Waals surface area contributed by atoms with E-state index in [0.29, 0.717) is 19.5 Å². The number of ether oxygens (including phenoxy) is 2. The van der Waals surface area contributed by atoms with Crippen LogP contribution in [0.3, 0.4) is 0 Å². The monoisotopic (exact) mass is 342 g/mol. The van der Waals surface area contributed by atoms with Crippen LogP contribution in [0.4, 0.5) is 0 Å². The second-order valence-electron chi connectivity index (χ2n) is 5.65. The van der Waals surface area contributed by atoms with Crippen molar-refractivity contribution in [2.75, 3.05) is 27.3 Å². The number of carbonyl (C=O) groups excluding carboxylic acids is 1. The minimum Gasteiger partial charge on any atom is -0.496 e. The summed E-state index contributed by atoms with van der Waals surface area (Å²) in [5.41, 5.74) is 2.14. The van der Waals surface area contributed by atoms with Crippen molar-refractivity contribution in [1.29, 1.82) is 0 Å². The van der Waals surface area contributed by atoms with Crippen molar-refractivity contribution in [2.45, 2.75) is 19.4 Å². The fourth-order valence-electron chi connectivity index (χ4n) is 2.59. The van der Waals surface area contributed by atoms with Gasteiger partial charge in [0.05, 0.1) is 14.2 Å². The molecule has 0 saturated heterocycles. The van der Waals surface area contributed by atoms with Crippen LogP contribution in [0, 0.1) is 0 Å². The lowest BCUT2D eigenvalue weighted by molar-refractivity contribution is -0.121. The largest absolute Gasteiger partial charge is 0.496 e. The minimum atomic E-state index is 0.0238. The molecule has 1 amide bonds. The third-order valence-corrected chi connectivity index (χ3v) is 3.96. The summed E-state index contributed by atoms with van der Waals surface area (Å²) in [6, 6.07) is 15.7. The summed E-state index contributed by atoms with van der Waals surface area (Å²) in [6.07, 6.45) is 1.31. The molecule has 0 heterocycles. The van der Waals surface area contributed by atoms with E-state index in [1.54, 1.807) is 14.2 Å². The van der Waals surface area contributed by atoms with Gasteiger partial charge in [-0.05, 0) is 30.7 Å². The molecule has 2 rings (SSSR count). The first-order valence-electron chi connectivity index (χ1n) is 8.45. The highest BCUT2D eigenvalue weighted by molar-refractivity contribution is 5.76. The highest BCUT2D eigenvalue weighted by Gasteiger charge is 2.05. The zero-order valence-corrected chi connectivity index (χ0v) is 14.9. The van der Waals surface area contributed by atoms with Crippen molar-refractivity contribution in [3.63, 3.8) is 0 Å². The van der Waals surface area contributed by atoms with E-state index in [9.17, 15) is 4.79 Å². The van der Waals surface area contributed by atoms with Crippen LogP contribution in [0.25, 0.3) is 0 Å². The van der Waals surface area contributed by atoms with E-state index in [-0.39, 0.29) is 5.91 Å². The Balaban J connectivity index is 1.64. The lowest BCUT2D eigenvalue weighted by Gasteiger charge is -2.10. The van der Waals surface area contributed by atoms with Crippen LogP contribution in [-0.4, -0.2) is 33.2 Å². The lowest BCUT2D eigenvalue weighted by Crippen LogP contribution is -2.28. The molecule has 5 nitrogen and oxygen atoms in total. The summed E-state index contributed by atoms with van der Waals surface area (Å²) in [7, 11) is 3.31. The van der Waals surface area contributed by atoms with Crippen molar-refractivity contribution in [3.05, 3.63) is 59.7 Å². The van der Waals surface area contributed by atoms with E-state index in [1.165, 1.54) is 0 Å². The number of hydrogen-bond donors (Lipinski definition) is 2. The van der Waals surface area contributed by atoms with Crippen molar-refractivity contribution < 1.29 is 14.3 Å². The molecule has 0 aliphatic heterocycles. The Hall–Kier alpha value is -2.53. The van der Waals surface area contributed by atoms with Crippen LogP contribution < -0.4 is 20.1 Å². The Bertz CT molecular complexity index is 673. The molecule has 2 N–H and O–H groups in total. The van der Waals surface area contributed by atoms with Gasteiger partial charge in [-0.3, -0.25) is 4.79 Å². The van der Waals surface area contributed by atoms with Gasteiger partial charge >= 0.3 is 0 Å². The second-order valence-corrected chi connectivity index (χ2v) is 5.65. The summed E-state index contributed by atoms with van der Waals surface area (Å²) >= 11 is 0. The number of hydrogen-bond acceptors (Lipinski definition) is 4. The number of rotatable bonds is 10. The molecule has 2 aromatic rings. The van der Waals surface area contributed by atoms with E-state index in [4.69, 9.17) is 9.47 Å². The standard InChI is InChI=1S/C20H26N2O3/c1-24-18-9-5-3-7-16(18)11-13-21-14-12-20(23)22-15-17-8-4-6-10-19(17)25-2/h3-10,21H,11-15H2,1-2H3,(H,22,23). The first kappa shape index (κ1) is 18.8. The van der Waals surface area contributed by atoms with Gasteiger partial charge in [-0.25, -0.2) is 0 Å². The quantitative estimate of drug-likeness (QED) is 0.652. The molecule has 5 heteroatoms. The van der Waals surface area contributed by atoms with E-state index >= 15 is 0 Å². The summed E-state index contributed by atoms with van der Waals surface area (Å²) in [6.45, 7) is 1.93. The molecule has 0 bridgehead atoms. The first-order chi connectivity index (χ1) is 12.2. The number of amides is 1. The molecule has 0 aliphatic rings. The van der Waals surface area contributed by atoms with Crippen LogP contribution in [0.15, 0.2) is 48.5 Å². The molecule has 0 radical (unpaired) electrons. The van der Waals surface area contributed by atoms with Gasteiger partial charge in [-0.1, -0.05) is 36.4 Å². The van der Waals surface area contributed by atoms with Crippen LogP contribution >= 0.6 is 0 Å². The number of carbonyl (C=O) groups is 1. The maximum absolute atomic E-state index is 11.9. The fourth-order valence-corrected chi connectivity index (χ4v) is 2.59. The smallest absolute Gasteiger partial charge is 0.221 e. The van der Waals surface area contributed by atoms with Gasteiger partial charge in [0.2, 0.25) is 5.91 Å². The minimum absolute atomic E-state index is 0.0238. The van der Waals surface area contributed by atoms with Crippen LogP contribution in [-0.2, 0) is 17.8 Å². The average molecular weight is 342 g/mol. The molecule has 0 spiro atoms. The van der Waals surface area contributed by atoms with Crippen molar-refractivity contribution >= 4 is 5.91 Å². The number of nitrogens with one attached hydrogen (secondary N) is 2. The molecule has 0 fully saturated rings. The maximum Gasteiger partial charge on any atom is 0.221 e. The van der Waals surface area contributed by atoms with Crippen molar-refractivity contribution in [2.24, 2.45) is 0 Å². The third kappa shape index (κ3) is 6.12. The van der Waals surface area contributed by atoms with Gasteiger partial charge in [0.1, 0.15) is 11.5 Å². The van der Waals surface area contributed by atoms with Crippen LogP contribution in [0.2, 0.25) is 0 Å². The normalized spacial score (nSPS) is 10.3. The van der Waals surface area contributed by atoms with Crippen molar-refractivity contribution in [3.8, 4) is 11.5 Å². The van der Waals surface area contributed by atoms with Gasteiger partial charge < -0.3 is 20.1 Å². The second kappa shape index (κ2) is 10.4. The summed E-state index contributed by atoms with van der Waals surface area (Å²) in [4.78, 5) is 11.9. The SMILES string of the molecule is COc1ccccc1CCNCCC(=O)NCc1ccccc1OC. The molecule has 0 saturated carbocycles. The highest BCUT2D eigenvalue weighted by Crippen LogP contribution is 2.17. The van der Waals surface area contributed by atoms with Gasteiger partial charge in [0.15, 0.2) is 0 Å². The maximum atomic E-state index is 11.9. The Morgan fingerprint density at radius 3 is 2.16 bits per heavy atom. The number of methoxy groups -OCH3 is 2. The fraction of sp³-hybridized carbons (Fsp3) is 0.350. The van der Waals surface area contributed by atoms with Gasteiger partial charge in [-0.2, -0.15) is 0 Å². The van der Waals surface area contributed by atoms with Gasteiger partial charge in [0, 0.05) is 25.1 Å². The Morgan fingerprint density at radius 2 is 1.48 bits per heavy atom. The molecule has 0 aliphatic carbocycles. The summed E-state index contributed by atoms with van der Waals surface area (Å²) in [5.74, 6) is 1.72. The highest BCUT2D eigenvalue weighted by atomic mass is 16.5. The zero-order valence-electron chi connectivity index (χ0n) is 14.9. The zero-order chi connectivity index (χ0) is 17.9. The third-order valence-electron chi connectivity index (χ3n) is 3.96. The topological polar surface area (TPSA) is 59.6 Å². The Morgan fingerprint density at radius 1 is 0.880 bits per heavy atom. The number of para-hydroxylation sites is 2. The Labute approximate surface area is 149 Å².